The van der Waals surface area contributed by atoms with Crippen molar-refractivity contribution in [2.75, 3.05) is 33.7 Å². The third-order valence-electron chi connectivity index (χ3n) is 4.98. The summed E-state index contributed by atoms with van der Waals surface area (Å²) in [5.41, 5.74) is 1.74. The van der Waals surface area contributed by atoms with Gasteiger partial charge in [0.2, 0.25) is 0 Å². The van der Waals surface area contributed by atoms with Crippen molar-refractivity contribution < 1.29 is 9.21 Å². The van der Waals surface area contributed by atoms with E-state index in [1.54, 1.807) is 0 Å². The number of amides is 1. The Balaban J connectivity index is 1.71. The number of carbonyl (C=O) groups excluding carboxylic acids is 1. The normalized spacial score (nSPS) is 18.6. The average Bonchev–Trinajstić information content (AvgIpc) is 3.18. The Morgan fingerprint density at radius 3 is 2.80 bits per heavy atom. The van der Waals surface area contributed by atoms with Crippen LogP contribution in [-0.2, 0) is 6.54 Å². The Hall–Kier alpha value is -1.85. The number of para-hydroxylation sites is 1. The van der Waals surface area contributed by atoms with E-state index in [2.05, 4.69) is 29.0 Å². The number of likely N-dealkylation sites (tertiary alicyclic amines) is 1. The number of carbonyl (C=O) groups is 1. The summed E-state index contributed by atoms with van der Waals surface area (Å²) in [4.78, 5) is 17.3. The molecule has 1 amide bonds. The van der Waals surface area contributed by atoms with Crippen LogP contribution in [0.15, 0.2) is 28.7 Å². The largest absolute Gasteiger partial charge is 0.451 e. The minimum Gasteiger partial charge on any atom is -0.451 e. The Morgan fingerprint density at radius 1 is 1.36 bits per heavy atom. The van der Waals surface area contributed by atoms with Gasteiger partial charge in [0.25, 0.3) is 5.91 Å². The SMILES string of the molecule is CC(C)N1CC[C@@H](CNC(=O)c2oc3ccccc3c2CN(C)C)C1. The van der Waals surface area contributed by atoms with Gasteiger partial charge in [-0.1, -0.05) is 18.2 Å². The second-order valence-corrected chi connectivity index (χ2v) is 7.60. The maximum absolute atomic E-state index is 12.8. The molecule has 136 valence electrons. The van der Waals surface area contributed by atoms with E-state index in [0.29, 0.717) is 30.8 Å². The molecule has 1 aromatic heterocycles. The summed E-state index contributed by atoms with van der Waals surface area (Å²) in [5, 5.41) is 4.12. The van der Waals surface area contributed by atoms with Crippen molar-refractivity contribution in [2.24, 2.45) is 5.92 Å². The zero-order chi connectivity index (χ0) is 18.0. The maximum Gasteiger partial charge on any atom is 0.287 e. The van der Waals surface area contributed by atoms with Crippen LogP contribution in [0.1, 0.15) is 36.4 Å². The molecule has 0 spiro atoms. The van der Waals surface area contributed by atoms with E-state index < -0.39 is 0 Å². The van der Waals surface area contributed by atoms with Gasteiger partial charge in [0, 0.05) is 36.6 Å². The molecule has 5 heteroatoms. The first-order chi connectivity index (χ1) is 12.0. The molecule has 1 atom stereocenters. The Labute approximate surface area is 150 Å². The van der Waals surface area contributed by atoms with Gasteiger partial charge in [-0.3, -0.25) is 4.79 Å². The summed E-state index contributed by atoms with van der Waals surface area (Å²) in [5.74, 6) is 0.873. The first-order valence-electron chi connectivity index (χ1n) is 9.13. The number of nitrogens with one attached hydrogen (secondary N) is 1. The van der Waals surface area contributed by atoms with Crippen molar-refractivity contribution >= 4 is 16.9 Å². The fraction of sp³-hybridized carbons (Fsp3) is 0.550. The van der Waals surface area contributed by atoms with Gasteiger partial charge < -0.3 is 19.5 Å². The van der Waals surface area contributed by atoms with Gasteiger partial charge in [-0.2, -0.15) is 0 Å². The summed E-state index contributed by atoms with van der Waals surface area (Å²) in [7, 11) is 4.00. The second kappa shape index (κ2) is 7.58. The van der Waals surface area contributed by atoms with E-state index in [1.165, 1.54) is 0 Å². The van der Waals surface area contributed by atoms with Gasteiger partial charge >= 0.3 is 0 Å². The monoisotopic (exact) mass is 343 g/mol. The summed E-state index contributed by atoms with van der Waals surface area (Å²) >= 11 is 0. The van der Waals surface area contributed by atoms with Crippen molar-refractivity contribution in [3.05, 3.63) is 35.6 Å². The van der Waals surface area contributed by atoms with Crippen LogP contribution >= 0.6 is 0 Å². The molecule has 5 nitrogen and oxygen atoms in total. The van der Waals surface area contributed by atoms with Gasteiger partial charge in [-0.25, -0.2) is 0 Å². The van der Waals surface area contributed by atoms with E-state index in [-0.39, 0.29) is 5.91 Å². The fourth-order valence-electron chi connectivity index (χ4n) is 3.57. The lowest BCUT2D eigenvalue weighted by Gasteiger charge is -2.20. The molecule has 2 heterocycles. The Morgan fingerprint density at radius 2 is 2.12 bits per heavy atom. The lowest BCUT2D eigenvalue weighted by Crippen LogP contribution is -2.33. The van der Waals surface area contributed by atoms with Crippen molar-refractivity contribution in [1.82, 2.24) is 15.1 Å². The number of furan rings is 1. The number of hydrogen-bond acceptors (Lipinski definition) is 4. The molecule has 0 saturated carbocycles. The molecule has 3 rings (SSSR count). The quantitative estimate of drug-likeness (QED) is 0.876. The van der Waals surface area contributed by atoms with Crippen LogP contribution in [0.3, 0.4) is 0 Å². The minimum atomic E-state index is -0.101. The molecule has 0 bridgehead atoms. The highest BCUT2D eigenvalue weighted by atomic mass is 16.3. The highest BCUT2D eigenvalue weighted by Crippen LogP contribution is 2.27. The molecule has 2 aromatic rings. The zero-order valence-corrected chi connectivity index (χ0v) is 15.7. The Bertz CT molecular complexity index is 736. The number of fused-ring (bicyclic) bond motifs is 1. The standard InChI is InChI=1S/C20H29N3O2/c1-14(2)23-10-9-15(12-23)11-21-20(24)19-17(13-22(3)4)16-7-5-6-8-18(16)25-19/h5-8,14-15H,9-13H2,1-4H3,(H,21,24)/t15-/m0/s1. The van der Waals surface area contributed by atoms with Crippen molar-refractivity contribution in [3.63, 3.8) is 0 Å². The molecule has 1 aliphatic heterocycles. The van der Waals surface area contributed by atoms with E-state index in [9.17, 15) is 4.79 Å². The predicted octanol–water partition coefficient (Wildman–Crippen LogP) is 2.95. The number of rotatable bonds is 6. The highest BCUT2D eigenvalue weighted by molar-refractivity contribution is 5.99. The van der Waals surface area contributed by atoms with Crippen LogP contribution in [-0.4, -0.2) is 55.5 Å². The topological polar surface area (TPSA) is 48.7 Å². The first kappa shape index (κ1) is 18.0. The van der Waals surface area contributed by atoms with Gasteiger partial charge in [-0.15, -0.1) is 0 Å². The molecule has 1 fully saturated rings. The third-order valence-corrected chi connectivity index (χ3v) is 4.98. The number of nitrogens with zero attached hydrogens (tertiary/aromatic N) is 2. The lowest BCUT2D eigenvalue weighted by molar-refractivity contribution is 0.0919. The molecule has 1 saturated heterocycles. The van der Waals surface area contributed by atoms with Crippen LogP contribution in [0.4, 0.5) is 0 Å². The van der Waals surface area contributed by atoms with Crippen molar-refractivity contribution in [2.45, 2.75) is 32.9 Å². The van der Waals surface area contributed by atoms with Crippen LogP contribution < -0.4 is 5.32 Å². The predicted molar refractivity (Wildman–Crippen MR) is 101 cm³/mol. The van der Waals surface area contributed by atoms with E-state index in [0.717, 1.165) is 36.0 Å². The number of benzene rings is 1. The maximum atomic E-state index is 12.8. The van der Waals surface area contributed by atoms with Crippen molar-refractivity contribution in [3.8, 4) is 0 Å². The molecule has 1 N–H and O–H groups in total. The van der Waals surface area contributed by atoms with Gasteiger partial charge in [-0.05, 0) is 52.9 Å². The van der Waals surface area contributed by atoms with Gasteiger partial charge in [0.15, 0.2) is 5.76 Å². The van der Waals surface area contributed by atoms with Crippen LogP contribution in [0, 0.1) is 5.92 Å². The number of hydrogen-bond donors (Lipinski definition) is 1. The van der Waals surface area contributed by atoms with Crippen LogP contribution in [0.25, 0.3) is 11.0 Å². The average molecular weight is 343 g/mol. The summed E-state index contributed by atoms with van der Waals surface area (Å²) in [6.07, 6.45) is 1.14. The summed E-state index contributed by atoms with van der Waals surface area (Å²) in [6, 6.07) is 8.43. The fourth-order valence-corrected chi connectivity index (χ4v) is 3.57. The van der Waals surface area contributed by atoms with Gasteiger partial charge in [0.1, 0.15) is 5.58 Å². The highest BCUT2D eigenvalue weighted by Gasteiger charge is 2.26. The Kier molecular flexibility index (Phi) is 5.45. The molecule has 0 radical (unpaired) electrons. The molecule has 1 aromatic carbocycles. The molecular weight excluding hydrogens is 314 g/mol. The van der Waals surface area contributed by atoms with Crippen LogP contribution in [0.2, 0.25) is 0 Å². The van der Waals surface area contributed by atoms with E-state index >= 15 is 0 Å². The molecular formula is C20H29N3O2. The summed E-state index contributed by atoms with van der Waals surface area (Å²) in [6.45, 7) is 8.02. The van der Waals surface area contributed by atoms with E-state index in [4.69, 9.17) is 4.42 Å². The zero-order valence-electron chi connectivity index (χ0n) is 15.7. The van der Waals surface area contributed by atoms with Crippen molar-refractivity contribution in [1.29, 1.82) is 0 Å². The minimum absolute atomic E-state index is 0.101. The molecule has 25 heavy (non-hydrogen) atoms. The smallest absolute Gasteiger partial charge is 0.287 e. The summed E-state index contributed by atoms with van der Waals surface area (Å²) < 4.78 is 5.89. The molecule has 0 aliphatic carbocycles. The first-order valence-corrected chi connectivity index (χ1v) is 9.13. The lowest BCUT2D eigenvalue weighted by atomic mass is 10.1. The molecule has 0 unspecified atom stereocenters. The van der Waals surface area contributed by atoms with Crippen LogP contribution in [0.5, 0.6) is 0 Å². The second-order valence-electron chi connectivity index (χ2n) is 7.60. The van der Waals surface area contributed by atoms with E-state index in [1.807, 2.05) is 38.4 Å². The van der Waals surface area contributed by atoms with Gasteiger partial charge in [0.05, 0.1) is 0 Å². The molecule has 1 aliphatic rings. The third kappa shape index (κ3) is 4.05.